The number of anilines is 1. The Balaban J connectivity index is 1.52. The normalized spacial score (nSPS) is 24.4. The monoisotopic (exact) mass is 399 g/mol. The number of ether oxygens (including phenoxy) is 1. The summed E-state index contributed by atoms with van der Waals surface area (Å²) in [6.07, 6.45) is 2.74. The van der Waals surface area contributed by atoms with E-state index in [4.69, 9.17) is 16.2 Å². The van der Waals surface area contributed by atoms with Crippen LogP contribution in [0.1, 0.15) is 23.8 Å². The molecule has 1 saturated heterocycles. The molecule has 2 aromatic rings. The number of rotatable bonds is 6. The van der Waals surface area contributed by atoms with E-state index < -0.39 is 0 Å². The molecule has 3 heterocycles. The molecule has 156 valence electrons. The van der Waals surface area contributed by atoms with Crippen molar-refractivity contribution >= 4 is 11.6 Å². The summed E-state index contributed by atoms with van der Waals surface area (Å²) in [6, 6.07) is 9.83. The second-order valence-corrected chi connectivity index (χ2v) is 7.64. The van der Waals surface area contributed by atoms with Gasteiger partial charge in [0, 0.05) is 43.6 Å². The molecule has 9 nitrogen and oxygen atoms in total. The van der Waals surface area contributed by atoms with Crippen molar-refractivity contribution in [3.63, 3.8) is 0 Å². The van der Waals surface area contributed by atoms with Crippen molar-refractivity contribution in [1.82, 2.24) is 14.9 Å². The molecular weight excluding hydrogens is 370 g/mol. The second kappa shape index (κ2) is 8.32. The van der Waals surface area contributed by atoms with Gasteiger partial charge in [0.15, 0.2) is 0 Å². The Kier molecular flexibility index (Phi) is 5.61. The van der Waals surface area contributed by atoms with Crippen molar-refractivity contribution in [2.75, 3.05) is 37.6 Å². The van der Waals surface area contributed by atoms with E-state index in [1.807, 2.05) is 35.1 Å². The minimum Gasteiger partial charge on any atom is -0.497 e. The molecule has 0 bridgehead atoms. The number of nitrogens with one attached hydrogen (secondary N) is 3. The Morgan fingerprint density at radius 3 is 3.03 bits per heavy atom. The number of hydrogen-bond acceptors (Lipinski definition) is 7. The number of nitrogens with zero attached hydrogens (tertiary/aromatic N) is 2. The molecule has 0 aliphatic carbocycles. The molecule has 2 aliphatic rings. The van der Waals surface area contributed by atoms with Gasteiger partial charge >= 0.3 is 0 Å². The van der Waals surface area contributed by atoms with E-state index in [0.717, 1.165) is 36.6 Å². The van der Waals surface area contributed by atoms with E-state index >= 15 is 0 Å². The van der Waals surface area contributed by atoms with Gasteiger partial charge in [-0.3, -0.25) is 19.7 Å². The van der Waals surface area contributed by atoms with Crippen LogP contribution in [-0.4, -0.2) is 48.4 Å². The van der Waals surface area contributed by atoms with E-state index in [-0.39, 0.29) is 24.0 Å². The van der Waals surface area contributed by atoms with Gasteiger partial charge in [0.05, 0.1) is 25.4 Å². The van der Waals surface area contributed by atoms with Crippen LogP contribution < -0.4 is 32.3 Å². The Labute approximate surface area is 170 Å². The van der Waals surface area contributed by atoms with Crippen molar-refractivity contribution in [2.45, 2.75) is 25.2 Å². The molecule has 9 heteroatoms. The SMILES string of the molecule is COc1cccc(NC2NCNn3ccc(CN4CC[C@@H](N)[C@H](C(N)=O)C4)c32)c1. The van der Waals surface area contributed by atoms with Gasteiger partial charge in [-0.25, -0.2) is 0 Å². The molecule has 2 aliphatic heterocycles. The standard InChI is InChI=1S/C20H29N7O2/c1-29-15-4-2-3-14(9-15)25-20-18-13(5-8-27(18)24-12-23-20)10-26-7-6-17(21)16(11-26)19(22)28/h2-5,8-9,16-17,20,23-25H,6-7,10-12,21H2,1H3,(H2,22,28)/t16-,17-,20?/m1/s1. The summed E-state index contributed by atoms with van der Waals surface area (Å²) in [4.78, 5) is 14.0. The van der Waals surface area contributed by atoms with Crippen LogP contribution in [0.15, 0.2) is 36.5 Å². The third-order valence-electron chi connectivity index (χ3n) is 5.73. The Morgan fingerprint density at radius 1 is 1.38 bits per heavy atom. The van der Waals surface area contributed by atoms with Crippen LogP contribution in [0.2, 0.25) is 0 Å². The molecule has 4 rings (SSSR count). The largest absolute Gasteiger partial charge is 0.497 e. The fourth-order valence-electron chi connectivity index (χ4n) is 4.13. The van der Waals surface area contributed by atoms with E-state index in [9.17, 15) is 4.79 Å². The molecule has 1 amide bonds. The minimum atomic E-state index is -0.318. The summed E-state index contributed by atoms with van der Waals surface area (Å²) in [7, 11) is 1.66. The maximum Gasteiger partial charge on any atom is 0.223 e. The summed E-state index contributed by atoms with van der Waals surface area (Å²) in [5.74, 6) is 0.188. The van der Waals surface area contributed by atoms with Crippen molar-refractivity contribution in [3.05, 3.63) is 47.8 Å². The second-order valence-electron chi connectivity index (χ2n) is 7.64. The van der Waals surface area contributed by atoms with E-state index in [1.165, 1.54) is 5.56 Å². The molecule has 1 fully saturated rings. The molecule has 0 spiro atoms. The summed E-state index contributed by atoms with van der Waals surface area (Å²) in [5, 5.41) is 7.01. The van der Waals surface area contributed by atoms with E-state index in [0.29, 0.717) is 13.2 Å². The highest BCUT2D eigenvalue weighted by molar-refractivity contribution is 5.77. The number of hydrogen-bond donors (Lipinski definition) is 5. The molecular formula is C20H29N7O2. The van der Waals surface area contributed by atoms with Gasteiger partial charge in [-0.15, -0.1) is 0 Å². The zero-order chi connectivity index (χ0) is 20.4. The van der Waals surface area contributed by atoms with Crippen molar-refractivity contribution < 1.29 is 9.53 Å². The van der Waals surface area contributed by atoms with Crippen molar-refractivity contribution in [1.29, 1.82) is 0 Å². The average Bonchev–Trinajstić information content (AvgIpc) is 3.13. The predicted molar refractivity (Wildman–Crippen MR) is 112 cm³/mol. The van der Waals surface area contributed by atoms with Crippen LogP contribution in [0, 0.1) is 5.92 Å². The summed E-state index contributed by atoms with van der Waals surface area (Å²) in [5.41, 5.74) is 18.2. The van der Waals surface area contributed by atoms with Gasteiger partial charge in [0.1, 0.15) is 11.9 Å². The lowest BCUT2D eigenvalue weighted by Gasteiger charge is -2.36. The third kappa shape index (κ3) is 4.16. The smallest absolute Gasteiger partial charge is 0.223 e. The quantitative estimate of drug-likeness (QED) is 0.475. The average molecular weight is 399 g/mol. The highest BCUT2D eigenvalue weighted by Gasteiger charge is 2.32. The van der Waals surface area contributed by atoms with Crippen LogP contribution in [0.5, 0.6) is 5.75 Å². The lowest BCUT2D eigenvalue weighted by atomic mass is 9.92. The zero-order valence-corrected chi connectivity index (χ0v) is 16.6. The van der Waals surface area contributed by atoms with Crippen LogP contribution >= 0.6 is 0 Å². The molecule has 0 saturated carbocycles. The lowest BCUT2D eigenvalue weighted by molar-refractivity contribution is -0.124. The summed E-state index contributed by atoms with van der Waals surface area (Å²) >= 11 is 0. The van der Waals surface area contributed by atoms with E-state index in [2.05, 4.69) is 27.0 Å². The van der Waals surface area contributed by atoms with Crippen LogP contribution in [0.3, 0.4) is 0 Å². The van der Waals surface area contributed by atoms with Gasteiger partial charge < -0.3 is 26.9 Å². The predicted octanol–water partition coefficient (Wildman–Crippen LogP) is 0.346. The molecule has 1 unspecified atom stereocenters. The Hall–Kier alpha value is -2.75. The van der Waals surface area contributed by atoms with E-state index in [1.54, 1.807) is 7.11 Å². The van der Waals surface area contributed by atoms with Crippen LogP contribution in [0.25, 0.3) is 0 Å². The first kappa shape index (κ1) is 19.6. The maximum atomic E-state index is 11.7. The van der Waals surface area contributed by atoms with Crippen molar-refractivity contribution in [2.24, 2.45) is 17.4 Å². The fraction of sp³-hybridized carbons (Fsp3) is 0.450. The first-order chi connectivity index (χ1) is 14.0. The third-order valence-corrected chi connectivity index (χ3v) is 5.73. The van der Waals surface area contributed by atoms with Crippen LogP contribution in [0.4, 0.5) is 5.69 Å². The first-order valence-electron chi connectivity index (χ1n) is 9.90. The number of carbonyl (C=O) groups is 1. The molecule has 1 aromatic heterocycles. The van der Waals surface area contributed by atoms with Gasteiger partial charge in [0.25, 0.3) is 0 Å². The number of amides is 1. The number of carbonyl (C=O) groups excluding carboxylic acids is 1. The zero-order valence-electron chi connectivity index (χ0n) is 16.6. The number of benzene rings is 1. The number of methoxy groups -OCH3 is 1. The minimum absolute atomic E-state index is 0.0626. The maximum absolute atomic E-state index is 11.7. The molecule has 1 aromatic carbocycles. The molecule has 3 atom stereocenters. The Bertz CT molecular complexity index is 868. The number of piperidine rings is 1. The number of primary amides is 1. The van der Waals surface area contributed by atoms with Gasteiger partial charge in [-0.2, -0.15) is 0 Å². The number of nitrogens with two attached hydrogens (primary N) is 2. The Morgan fingerprint density at radius 2 is 2.24 bits per heavy atom. The molecule has 29 heavy (non-hydrogen) atoms. The van der Waals surface area contributed by atoms with Gasteiger partial charge in [-0.1, -0.05) is 6.07 Å². The topological polar surface area (TPSA) is 123 Å². The summed E-state index contributed by atoms with van der Waals surface area (Å²) in [6.45, 7) is 2.82. The highest BCUT2D eigenvalue weighted by atomic mass is 16.5. The highest BCUT2D eigenvalue weighted by Crippen LogP contribution is 2.27. The van der Waals surface area contributed by atoms with Gasteiger partial charge in [-0.05, 0) is 30.2 Å². The number of fused-ring (bicyclic) bond motifs is 1. The fourth-order valence-corrected chi connectivity index (χ4v) is 4.13. The first-order valence-corrected chi connectivity index (χ1v) is 9.90. The molecule has 0 radical (unpaired) electrons. The van der Waals surface area contributed by atoms with Crippen LogP contribution in [-0.2, 0) is 11.3 Å². The number of likely N-dealkylation sites (tertiary alicyclic amines) is 1. The van der Waals surface area contributed by atoms with Crippen molar-refractivity contribution in [3.8, 4) is 5.75 Å². The van der Waals surface area contributed by atoms with Gasteiger partial charge in [0.2, 0.25) is 5.91 Å². The molecule has 7 N–H and O–H groups in total. The number of aromatic nitrogens is 1. The lowest BCUT2D eigenvalue weighted by Crippen LogP contribution is -2.51. The summed E-state index contributed by atoms with van der Waals surface area (Å²) < 4.78 is 7.37.